The molecule has 0 spiro atoms. The van der Waals surface area contributed by atoms with Gasteiger partial charge < -0.3 is 10.6 Å². The number of nitrogens with zero attached hydrogens (tertiary/aromatic N) is 3. The van der Waals surface area contributed by atoms with Gasteiger partial charge in [0.05, 0.1) is 11.6 Å². The predicted molar refractivity (Wildman–Crippen MR) is 159 cm³/mol. The van der Waals surface area contributed by atoms with Crippen LogP contribution in [-0.4, -0.2) is 20.8 Å². The summed E-state index contributed by atoms with van der Waals surface area (Å²) in [4.78, 5) is 13.2. The van der Waals surface area contributed by atoms with Crippen LogP contribution in [0.4, 0.5) is 28.0 Å². The van der Waals surface area contributed by atoms with Crippen LogP contribution in [0, 0.1) is 12.7 Å². The number of thioether (sulfide) groups is 1. The van der Waals surface area contributed by atoms with Crippen LogP contribution in [0.3, 0.4) is 0 Å². The summed E-state index contributed by atoms with van der Waals surface area (Å²) in [5.41, 5.74) is 2.76. The van der Waals surface area contributed by atoms with E-state index in [0.29, 0.717) is 23.2 Å². The molecule has 0 aliphatic rings. The molecule has 0 aliphatic heterocycles. The highest BCUT2D eigenvalue weighted by Crippen LogP contribution is 2.31. The first-order valence-electron chi connectivity index (χ1n) is 13.3. The maximum absolute atomic E-state index is 13.4. The molecule has 220 valence electrons. The lowest BCUT2D eigenvalue weighted by molar-refractivity contribution is -0.137. The second kappa shape index (κ2) is 13.1. The van der Waals surface area contributed by atoms with E-state index in [-0.39, 0.29) is 11.5 Å². The first-order chi connectivity index (χ1) is 20.7. The van der Waals surface area contributed by atoms with Crippen LogP contribution < -0.4 is 10.6 Å². The number of amides is 2. The van der Waals surface area contributed by atoms with Gasteiger partial charge in [-0.1, -0.05) is 78.0 Å². The van der Waals surface area contributed by atoms with Crippen molar-refractivity contribution in [2.45, 2.75) is 36.5 Å². The topological polar surface area (TPSA) is 71.8 Å². The van der Waals surface area contributed by atoms with Gasteiger partial charge in [0.25, 0.3) is 0 Å². The molecule has 0 radical (unpaired) electrons. The first kappa shape index (κ1) is 29.8. The Labute approximate surface area is 250 Å². The summed E-state index contributed by atoms with van der Waals surface area (Å²) in [7, 11) is 0. The summed E-state index contributed by atoms with van der Waals surface area (Å²) in [6.07, 6.45) is -4.21. The number of aromatic nitrogens is 3. The lowest BCUT2D eigenvalue weighted by atomic mass is 10.1. The molecule has 0 saturated carbocycles. The number of anilines is 1. The van der Waals surface area contributed by atoms with Gasteiger partial charge in [-0.15, -0.1) is 10.2 Å². The Bertz CT molecular complexity index is 1670. The van der Waals surface area contributed by atoms with E-state index < -0.39 is 23.8 Å². The minimum Gasteiger partial charge on any atom is -0.327 e. The van der Waals surface area contributed by atoms with E-state index in [1.165, 1.54) is 36.0 Å². The van der Waals surface area contributed by atoms with E-state index in [9.17, 15) is 22.4 Å². The Morgan fingerprint density at radius 3 is 2.30 bits per heavy atom. The fourth-order valence-corrected chi connectivity index (χ4v) is 5.34. The molecule has 0 aliphatic carbocycles. The molecule has 0 unspecified atom stereocenters. The first-order valence-corrected chi connectivity index (χ1v) is 14.3. The molecule has 2 amide bonds. The third kappa shape index (κ3) is 7.81. The Kier molecular flexibility index (Phi) is 9.10. The molecule has 4 aromatic carbocycles. The summed E-state index contributed by atoms with van der Waals surface area (Å²) in [5, 5.41) is 14.9. The van der Waals surface area contributed by atoms with E-state index in [4.69, 9.17) is 0 Å². The summed E-state index contributed by atoms with van der Waals surface area (Å²) in [6.45, 7) is 1.97. The fraction of sp³-hybridized carbons (Fsp3) is 0.156. The third-order valence-electron chi connectivity index (χ3n) is 6.58. The average molecular weight is 606 g/mol. The number of carbonyl (C=O) groups is 1. The largest absolute Gasteiger partial charge is 0.416 e. The van der Waals surface area contributed by atoms with Crippen LogP contribution in [0.25, 0.3) is 5.69 Å². The number of benzene rings is 4. The van der Waals surface area contributed by atoms with Gasteiger partial charge in [0.15, 0.2) is 11.0 Å². The van der Waals surface area contributed by atoms with Crippen LogP contribution in [0.2, 0.25) is 0 Å². The Balaban J connectivity index is 1.48. The van der Waals surface area contributed by atoms with E-state index in [0.717, 1.165) is 34.5 Å². The SMILES string of the molecule is Cc1ccc(-n2c(SCc3ccc(F)cc3)nnc2[C@@H](Cc2ccccc2)NC(=O)Nc2cccc(C(F)(F)F)c2)cc1. The summed E-state index contributed by atoms with van der Waals surface area (Å²) >= 11 is 1.41. The van der Waals surface area contributed by atoms with E-state index in [1.54, 1.807) is 12.1 Å². The minimum atomic E-state index is -4.55. The van der Waals surface area contributed by atoms with Gasteiger partial charge in [0, 0.05) is 23.5 Å². The zero-order valence-electron chi connectivity index (χ0n) is 23.0. The minimum absolute atomic E-state index is 0.00123. The Morgan fingerprint density at radius 1 is 0.884 bits per heavy atom. The lowest BCUT2D eigenvalue weighted by Gasteiger charge is -2.21. The monoisotopic (exact) mass is 605 g/mol. The number of alkyl halides is 3. The summed E-state index contributed by atoms with van der Waals surface area (Å²) in [5.74, 6) is 0.613. The van der Waals surface area contributed by atoms with Gasteiger partial charge in [-0.3, -0.25) is 4.57 Å². The van der Waals surface area contributed by atoms with Crippen molar-refractivity contribution in [3.8, 4) is 5.69 Å². The van der Waals surface area contributed by atoms with Crippen LogP contribution >= 0.6 is 11.8 Å². The van der Waals surface area contributed by atoms with Crippen molar-refractivity contribution in [1.29, 1.82) is 0 Å². The standard InChI is InChI=1S/C32H27F4N5OS/c1-21-10-16-27(17-11-21)41-29(39-40-31(41)43-20-23-12-14-25(33)15-13-23)28(18-22-6-3-2-4-7-22)38-30(42)37-26-9-5-8-24(19-26)32(34,35)36/h2-17,19,28H,18,20H2,1H3,(H2,37,38,42)/t28-/m1/s1. The second-order valence-electron chi connectivity index (χ2n) is 9.85. The highest BCUT2D eigenvalue weighted by molar-refractivity contribution is 7.98. The fourth-order valence-electron chi connectivity index (χ4n) is 4.42. The Morgan fingerprint density at radius 2 is 1.60 bits per heavy atom. The number of nitrogens with one attached hydrogen (secondary N) is 2. The molecule has 1 heterocycles. The molecule has 0 fully saturated rings. The van der Waals surface area contributed by atoms with Gasteiger partial charge in [-0.05, 0) is 60.5 Å². The maximum Gasteiger partial charge on any atom is 0.416 e. The van der Waals surface area contributed by atoms with E-state index in [2.05, 4.69) is 20.8 Å². The molecule has 1 aromatic heterocycles. The molecule has 0 bridgehead atoms. The number of halogens is 4. The average Bonchev–Trinajstić information content (AvgIpc) is 3.41. The molecule has 1 atom stereocenters. The molecular weight excluding hydrogens is 578 g/mol. The number of hydrogen-bond donors (Lipinski definition) is 2. The van der Waals surface area contributed by atoms with Crippen molar-refractivity contribution < 1.29 is 22.4 Å². The van der Waals surface area contributed by atoms with Crippen LogP contribution in [0.5, 0.6) is 0 Å². The van der Waals surface area contributed by atoms with E-state index in [1.807, 2.05) is 66.1 Å². The second-order valence-corrected chi connectivity index (χ2v) is 10.8. The lowest BCUT2D eigenvalue weighted by Crippen LogP contribution is -2.35. The maximum atomic E-state index is 13.4. The molecular formula is C32H27F4N5OS. The van der Waals surface area contributed by atoms with Crippen molar-refractivity contribution >= 4 is 23.5 Å². The summed E-state index contributed by atoms with van der Waals surface area (Å²) < 4.78 is 55.0. The van der Waals surface area contributed by atoms with Crippen molar-refractivity contribution in [1.82, 2.24) is 20.1 Å². The number of urea groups is 1. The van der Waals surface area contributed by atoms with Crippen molar-refractivity contribution in [3.05, 3.63) is 137 Å². The zero-order chi connectivity index (χ0) is 30.4. The van der Waals surface area contributed by atoms with Gasteiger partial charge in [-0.25, -0.2) is 9.18 Å². The highest BCUT2D eigenvalue weighted by Gasteiger charge is 2.31. The molecule has 5 aromatic rings. The summed E-state index contributed by atoms with van der Waals surface area (Å²) in [6, 6.07) is 26.5. The number of carbonyl (C=O) groups excluding carboxylic acids is 1. The molecule has 11 heteroatoms. The smallest absolute Gasteiger partial charge is 0.327 e. The van der Waals surface area contributed by atoms with Crippen LogP contribution in [0.1, 0.15) is 34.1 Å². The predicted octanol–water partition coefficient (Wildman–Crippen LogP) is 8.13. The number of hydrogen-bond acceptors (Lipinski definition) is 4. The van der Waals surface area contributed by atoms with Crippen molar-refractivity contribution in [2.75, 3.05) is 5.32 Å². The molecule has 6 nitrogen and oxygen atoms in total. The molecule has 2 N–H and O–H groups in total. The van der Waals surface area contributed by atoms with Gasteiger partial charge in [-0.2, -0.15) is 13.2 Å². The van der Waals surface area contributed by atoms with Crippen LogP contribution in [0.15, 0.2) is 108 Å². The molecule has 5 rings (SSSR count). The molecule has 43 heavy (non-hydrogen) atoms. The van der Waals surface area contributed by atoms with Crippen LogP contribution in [-0.2, 0) is 18.3 Å². The highest BCUT2D eigenvalue weighted by atomic mass is 32.2. The zero-order valence-corrected chi connectivity index (χ0v) is 23.8. The third-order valence-corrected chi connectivity index (χ3v) is 7.58. The van der Waals surface area contributed by atoms with E-state index >= 15 is 0 Å². The van der Waals surface area contributed by atoms with Gasteiger partial charge in [0.2, 0.25) is 0 Å². The number of rotatable bonds is 9. The van der Waals surface area contributed by atoms with Gasteiger partial charge >= 0.3 is 12.2 Å². The molecule has 0 saturated heterocycles. The quantitative estimate of drug-likeness (QED) is 0.131. The van der Waals surface area contributed by atoms with Crippen molar-refractivity contribution in [3.63, 3.8) is 0 Å². The van der Waals surface area contributed by atoms with Gasteiger partial charge in [0.1, 0.15) is 5.82 Å². The normalized spacial score (nSPS) is 12.1. The Hall–Kier alpha value is -4.64. The van der Waals surface area contributed by atoms with Crippen molar-refractivity contribution in [2.24, 2.45) is 0 Å². The number of aryl methyl sites for hydroxylation is 1.